The lowest BCUT2D eigenvalue weighted by Crippen LogP contribution is -2.48. The van der Waals surface area contributed by atoms with E-state index in [0.29, 0.717) is 19.8 Å². The van der Waals surface area contributed by atoms with Crippen molar-refractivity contribution >= 4 is 5.91 Å². The minimum Gasteiger partial charge on any atom is -0.377 e. The fourth-order valence-electron chi connectivity index (χ4n) is 1.77. The monoisotopic (exact) mass is 278 g/mol. The maximum atomic E-state index is 12.0. The summed E-state index contributed by atoms with van der Waals surface area (Å²) in [5, 5.41) is 2.90. The van der Waals surface area contributed by atoms with E-state index in [1.54, 1.807) is 0 Å². The Balaban J connectivity index is 2.63. The first kappa shape index (κ1) is 16.7. The molecular weight excluding hydrogens is 252 g/mol. The lowest BCUT2D eigenvalue weighted by molar-refractivity contribution is -0.124. The van der Waals surface area contributed by atoms with Gasteiger partial charge in [-0.25, -0.2) is 0 Å². The van der Waals surface area contributed by atoms with Gasteiger partial charge in [0.15, 0.2) is 0 Å². The quantitative estimate of drug-likeness (QED) is 0.838. The highest BCUT2D eigenvalue weighted by molar-refractivity contribution is 5.82. The molecule has 1 aromatic rings. The third-order valence-corrected chi connectivity index (χ3v) is 3.25. The third kappa shape index (κ3) is 4.94. The van der Waals surface area contributed by atoms with E-state index < -0.39 is 6.04 Å². The second-order valence-corrected chi connectivity index (χ2v) is 5.97. The Kier molecular flexibility index (Phi) is 6.17. The van der Waals surface area contributed by atoms with Crippen molar-refractivity contribution in [1.29, 1.82) is 0 Å². The molecule has 0 spiro atoms. The fraction of sp³-hybridized carbons (Fsp3) is 0.562. The van der Waals surface area contributed by atoms with Gasteiger partial charge in [-0.15, -0.1) is 0 Å². The van der Waals surface area contributed by atoms with Crippen molar-refractivity contribution in [3.05, 3.63) is 35.4 Å². The van der Waals surface area contributed by atoms with E-state index in [1.165, 1.54) is 0 Å². The van der Waals surface area contributed by atoms with E-state index in [-0.39, 0.29) is 11.3 Å². The molecule has 4 heteroatoms. The number of rotatable bonds is 6. The molecule has 0 aromatic heterocycles. The number of amides is 1. The maximum absolute atomic E-state index is 12.0. The van der Waals surface area contributed by atoms with E-state index in [0.717, 1.165) is 11.1 Å². The predicted octanol–water partition coefficient (Wildman–Crippen LogP) is 2.21. The zero-order valence-corrected chi connectivity index (χ0v) is 12.9. The Bertz CT molecular complexity index is 438. The number of benzene rings is 1. The molecule has 0 aliphatic heterocycles. The van der Waals surface area contributed by atoms with Crippen molar-refractivity contribution in [2.24, 2.45) is 11.1 Å². The number of hydrogen-bond acceptors (Lipinski definition) is 3. The first-order chi connectivity index (χ1) is 9.36. The van der Waals surface area contributed by atoms with Crippen LogP contribution in [0.25, 0.3) is 0 Å². The molecule has 0 radical (unpaired) electrons. The molecular formula is C16H26N2O2. The van der Waals surface area contributed by atoms with Crippen LogP contribution in [0.3, 0.4) is 0 Å². The molecule has 0 aliphatic rings. The van der Waals surface area contributed by atoms with Crippen LogP contribution in [0, 0.1) is 5.41 Å². The first-order valence-electron chi connectivity index (χ1n) is 7.04. The first-order valence-corrected chi connectivity index (χ1v) is 7.04. The average molecular weight is 278 g/mol. The molecule has 1 aromatic carbocycles. The van der Waals surface area contributed by atoms with Crippen LogP contribution in [0.2, 0.25) is 0 Å². The lowest BCUT2D eigenvalue weighted by Gasteiger charge is -2.26. The van der Waals surface area contributed by atoms with Gasteiger partial charge in [0.05, 0.1) is 12.6 Å². The lowest BCUT2D eigenvalue weighted by atomic mass is 9.87. The predicted molar refractivity (Wildman–Crippen MR) is 81.0 cm³/mol. The molecule has 1 unspecified atom stereocenters. The summed E-state index contributed by atoms with van der Waals surface area (Å²) >= 11 is 0. The standard InChI is InChI=1S/C16H26N2O2/c1-5-20-11-13-9-7-6-8-12(13)10-18-15(19)14(17)16(2,3)4/h6-9,14H,5,10-11,17H2,1-4H3,(H,18,19). The number of carbonyl (C=O) groups excluding carboxylic acids is 1. The maximum Gasteiger partial charge on any atom is 0.237 e. The van der Waals surface area contributed by atoms with Gasteiger partial charge in [0.1, 0.15) is 0 Å². The van der Waals surface area contributed by atoms with Crippen molar-refractivity contribution in [3.63, 3.8) is 0 Å². The van der Waals surface area contributed by atoms with Gasteiger partial charge in [0.25, 0.3) is 0 Å². The SMILES string of the molecule is CCOCc1ccccc1CNC(=O)C(N)C(C)(C)C. The average Bonchev–Trinajstić information content (AvgIpc) is 2.41. The molecule has 20 heavy (non-hydrogen) atoms. The summed E-state index contributed by atoms with van der Waals surface area (Å²) in [6.45, 7) is 9.56. The van der Waals surface area contributed by atoms with Gasteiger partial charge in [-0.1, -0.05) is 45.0 Å². The van der Waals surface area contributed by atoms with Crippen LogP contribution in [0.15, 0.2) is 24.3 Å². The third-order valence-electron chi connectivity index (χ3n) is 3.25. The minimum absolute atomic E-state index is 0.122. The van der Waals surface area contributed by atoms with Crippen LogP contribution in [-0.2, 0) is 22.7 Å². The number of carbonyl (C=O) groups is 1. The van der Waals surface area contributed by atoms with Gasteiger partial charge < -0.3 is 15.8 Å². The number of ether oxygens (including phenoxy) is 1. The largest absolute Gasteiger partial charge is 0.377 e. The minimum atomic E-state index is -0.512. The molecule has 0 aliphatic carbocycles. The molecule has 3 N–H and O–H groups in total. The van der Waals surface area contributed by atoms with Crippen LogP contribution in [0.5, 0.6) is 0 Å². The van der Waals surface area contributed by atoms with Gasteiger partial charge in [-0.2, -0.15) is 0 Å². The van der Waals surface area contributed by atoms with Crippen molar-refractivity contribution in [2.45, 2.75) is 46.9 Å². The highest BCUT2D eigenvalue weighted by Gasteiger charge is 2.27. The molecule has 0 fully saturated rings. The van der Waals surface area contributed by atoms with Crippen LogP contribution < -0.4 is 11.1 Å². The van der Waals surface area contributed by atoms with Crippen LogP contribution in [0.4, 0.5) is 0 Å². The van der Waals surface area contributed by atoms with E-state index in [4.69, 9.17) is 10.5 Å². The van der Waals surface area contributed by atoms with Crippen molar-refractivity contribution in [3.8, 4) is 0 Å². The van der Waals surface area contributed by atoms with Crippen LogP contribution in [-0.4, -0.2) is 18.6 Å². The highest BCUT2D eigenvalue weighted by Crippen LogP contribution is 2.17. The molecule has 0 saturated heterocycles. The molecule has 0 heterocycles. The molecule has 1 rings (SSSR count). The Hall–Kier alpha value is -1.39. The van der Waals surface area contributed by atoms with E-state index >= 15 is 0 Å². The van der Waals surface area contributed by atoms with Crippen molar-refractivity contribution < 1.29 is 9.53 Å². The van der Waals surface area contributed by atoms with Gasteiger partial charge in [-0.05, 0) is 23.5 Å². The smallest absolute Gasteiger partial charge is 0.237 e. The van der Waals surface area contributed by atoms with Crippen molar-refractivity contribution in [2.75, 3.05) is 6.61 Å². The molecule has 4 nitrogen and oxygen atoms in total. The molecule has 1 atom stereocenters. The molecule has 0 saturated carbocycles. The fourth-order valence-corrected chi connectivity index (χ4v) is 1.77. The van der Waals surface area contributed by atoms with Gasteiger partial charge in [-0.3, -0.25) is 4.79 Å². The highest BCUT2D eigenvalue weighted by atomic mass is 16.5. The van der Waals surface area contributed by atoms with Gasteiger partial charge in [0.2, 0.25) is 5.91 Å². The second-order valence-electron chi connectivity index (χ2n) is 5.97. The van der Waals surface area contributed by atoms with E-state index in [9.17, 15) is 4.79 Å². The zero-order valence-electron chi connectivity index (χ0n) is 12.9. The topological polar surface area (TPSA) is 64.3 Å². The zero-order chi connectivity index (χ0) is 15.2. The van der Waals surface area contributed by atoms with Gasteiger partial charge in [0, 0.05) is 13.2 Å². The number of nitrogens with one attached hydrogen (secondary N) is 1. The Labute approximate surface area is 121 Å². The summed E-state index contributed by atoms with van der Waals surface area (Å²) in [5.74, 6) is -0.122. The normalized spacial score (nSPS) is 13.1. The Morgan fingerprint density at radius 1 is 1.30 bits per heavy atom. The van der Waals surface area contributed by atoms with Crippen molar-refractivity contribution in [1.82, 2.24) is 5.32 Å². The summed E-state index contributed by atoms with van der Waals surface area (Å²) in [6.07, 6.45) is 0. The van der Waals surface area contributed by atoms with Gasteiger partial charge >= 0.3 is 0 Å². The molecule has 0 bridgehead atoms. The summed E-state index contributed by atoms with van der Waals surface area (Å²) in [4.78, 5) is 12.0. The van der Waals surface area contributed by atoms with E-state index in [1.807, 2.05) is 52.0 Å². The van der Waals surface area contributed by atoms with E-state index in [2.05, 4.69) is 5.32 Å². The Morgan fingerprint density at radius 2 is 1.90 bits per heavy atom. The number of hydrogen-bond donors (Lipinski definition) is 2. The molecule has 1 amide bonds. The summed E-state index contributed by atoms with van der Waals surface area (Å²) < 4.78 is 5.43. The second kappa shape index (κ2) is 7.41. The van der Waals surface area contributed by atoms with Crippen LogP contribution >= 0.6 is 0 Å². The Morgan fingerprint density at radius 3 is 2.45 bits per heavy atom. The molecule has 112 valence electrons. The van der Waals surface area contributed by atoms with Crippen LogP contribution in [0.1, 0.15) is 38.8 Å². The summed E-state index contributed by atoms with van der Waals surface area (Å²) in [6, 6.07) is 7.43. The summed E-state index contributed by atoms with van der Waals surface area (Å²) in [7, 11) is 0. The number of nitrogens with two attached hydrogens (primary N) is 1. The summed E-state index contributed by atoms with van der Waals surface area (Å²) in [5.41, 5.74) is 7.86.